The lowest BCUT2D eigenvalue weighted by Crippen LogP contribution is -2.57. The van der Waals surface area contributed by atoms with Crippen molar-refractivity contribution in [3.63, 3.8) is 0 Å². The Morgan fingerprint density at radius 3 is 2.56 bits per heavy atom. The Labute approximate surface area is 55.7 Å². The van der Waals surface area contributed by atoms with Crippen LogP contribution in [0, 0.1) is 0 Å². The second-order valence-electron chi connectivity index (χ2n) is 2.44. The van der Waals surface area contributed by atoms with Gasteiger partial charge >= 0.3 is 7.05 Å². The molecule has 3 nitrogen and oxygen atoms in total. The number of rotatable bonds is 2. The highest BCUT2D eigenvalue weighted by atomic mass is 16.5. The van der Waals surface area contributed by atoms with E-state index in [1.807, 2.05) is 4.81 Å². The summed E-state index contributed by atoms with van der Waals surface area (Å²) < 4.78 is 5.01. The molecule has 0 bridgehead atoms. The number of methoxy groups -OCH3 is 1. The van der Waals surface area contributed by atoms with Crippen molar-refractivity contribution in [1.82, 2.24) is 4.81 Å². The molecular weight excluding hydrogens is 117 g/mol. The molecule has 0 radical (unpaired) electrons. The molecule has 0 atom stereocenters. The number of hydrogen-bond donors (Lipinski definition) is 1. The summed E-state index contributed by atoms with van der Waals surface area (Å²) in [5.74, 6) is 0. The van der Waals surface area contributed by atoms with Gasteiger partial charge in [-0.25, -0.2) is 0 Å². The van der Waals surface area contributed by atoms with E-state index in [4.69, 9.17) is 9.76 Å². The van der Waals surface area contributed by atoms with Crippen molar-refractivity contribution in [2.75, 3.05) is 20.2 Å². The highest BCUT2D eigenvalue weighted by Gasteiger charge is 2.30. The second kappa shape index (κ2) is 2.69. The molecule has 9 heavy (non-hydrogen) atoms. The average molecular weight is 129 g/mol. The topological polar surface area (TPSA) is 32.7 Å². The van der Waals surface area contributed by atoms with E-state index in [9.17, 15) is 0 Å². The van der Waals surface area contributed by atoms with Crippen molar-refractivity contribution >= 4 is 7.05 Å². The van der Waals surface area contributed by atoms with Crippen molar-refractivity contribution in [1.29, 1.82) is 0 Å². The first-order valence-electron chi connectivity index (χ1n) is 3.19. The fourth-order valence-corrected chi connectivity index (χ4v) is 0.924. The van der Waals surface area contributed by atoms with Gasteiger partial charge in [0, 0.05) is 20.2 Å². The van der Waals surface area contributed by atoms with Gasteiger partial charge in [0.25, 0.3) is 0 Å². The van der Waals surface area contributed by atoms with E-state index < -0.39 is 0 Å². The van der Waals surface area contributed by atoms with Crippen LogP contribution < -0.4 is 0 Å². The molecule has 0 saturated carbocycles. The zero-order valence-electron chi connectivity index (χ0n) is 5.87. The van der Waals surface area contributed by atoms with E-state index in [0.29, 0.717) is 6.10 Å². The SMILES string of the molecule is COC1CN(B(C)O)C1. The lowest BCUT2D eigenvalue weighted by atomic mass is 9.81. The van der Waals surface area contributed by atoms with E-state index in [1.165, 1.54) is 0 Å². The number of nitrogens with zero attached hydrogens (tertiary/aromatic N) is 1. The van der Waals surface area contributed by atoms with E-state index in [0.717, 1.165) is 13.1 Å². The zero-order valence-corrected chi connectivity index (χ0v) is 5.87. The molecule has 1 N–H and O–H groups in total. The molecule has 1 heterocycles. The molecule has 4 heteroatoms. The molecule has 0 amide bonds. The first-order chi connectivity index (χ1) is 4.24. The fourth-order valence-electron chi connectivity index (χ4n) is 0.924. The minimum atomic E-state index is -0.309. The first kappa shape index (κ1) is 7.06. The normalized spacial score (nSPS) is 21.7. The van der Waals surface area contributed by atoms with Crippen LogP contribution in [-0.4, -0.2) is 43.2 Å². The van der Waals surface area contributed by atoms with Crippen LogP contribution in [0.4, 0.5) is 0 Å². The van der Waals surface area contributed by atoms with Gasteiger partial charge in [0.2, 0.25) is 0 Å². The van der Waals surface area contributed by atoms with Crippen molar-refractivity contribution in [2.45, 2.75) is 12.9 Å². The minimum absolute atomic E-state index is 0.309. The predicted octanol–water partition coefficient (Wildman–Crippen LogP) is -0.573. The van der Waals surface area contributed by atoms with Gasteiger partial charge in [0.15, 0.2) is 0 Å². The molecule has 0 aromatic carbocycles. The molecule has 0 aromatic heterocycles. The summed E-state index contributed by atoms with van der Waals surface area (Å²) in [7, 11) is 1.39. The molecule has 1 fully saturated rings. The summed E-state index contributed by atoms with van der Waals surface area (Å²) in [5.41, 5.74) is 0. The summed E-state index contributed by atoms with van der Waals surface area (Å²) in [4.78, 5) is 1.95. The van der Waals surface area contributed by atoms with Gasteiger partial charge < -0.3 is 14.6 Å². The molecule has 0 unspecified atom stereocenters. The Bertz CT molecular complexity index is 93.0. The van der Waals surface area contributed by atoms with Crippen molar-refractivity contribution in [2.24, 2.45) is 0 Å². The largest absolute Gasteiger partial charge is 0.437 e. The standard InChI is InChI=1S/C5H12BNO2/c1-6(8)7-3-5(4-7)9-2/h5,8H,3-4H2,1-2H3. The maximum atomic E-state index is 8.96. The van der Waals surface area contributed by atoms with Crippen LogP contribution in [0.3, 0.4) is 0 Å². The lowest BCUT2D eigenvalue weighted by molar-refractivity contribution is 0.00389. The average Bonchev–Trinajstić information content (AvgIpc) is 1.61. The molecule has 1 saturated heterocycles. The van der Waals surface area contributed by atoms with Gasteiger partial charge in [0.1, 0.15) is 0 Å². The van der Waals surface area contributed by atoms with Gasteiger partial charge in [-0.1, -0.05) is 0 Å². The van der Waals surface area contributed by atoms with Crippen LogP contribution in [0.25, 0.3) is 0 Å². The maximum absolute atomic E-state index is 8.96. The Balaban J connectivity index is 2.12. The second-order valence-corrected chi connectivity index (χ2v) is 2.44. The van der Waals surface area contributed by atoms with Gasteiger partial charge in [0.05, 0.1) is 6.10 Å². The lowest BCUT2D eigenvalue weighted by Gasteiger charge is -2.38. The van der Waals surface area contributed by atoms with E-state index >= 15 is 0 Å². The van der Waals surface area contributed by atoms with Crippen LogP contribution in [0.1, 0.15) is 0 Å². The smallest absolute Gasteiger partial charge is 0.376 e. The van der Waals surface area contributed by atoms with Crippen LogP contribution in [0.15, 0.2) is 0 Å². The Morgan fingerprint density at radius 1 is 1.67 bits per heavy atom. The third-order valence-electron chi connectivity index (χ3n) is 1.74. The highest BCUT2D eigenvalue weighted by Crippen LogP contribution is 2.10. The molecular formula is C5H12BNO2. The van der Waals surface area contributed by atoms with Crippen molar-refractivity contribution in [3.05, 3.63) is 0 Å². The zero-order chi connectivity index (χ0) is 6.85. The molecule has 1 aliphatic rings. The highest BCUT2D eigenvalue weighted by molar-refractivity contribution is 6.45. The monoisotopic (exact) mass is 129 g/mol. The minimum Gasteiger partial charge on any atom is -0.437 e. The number of hydrogen-bond acceptors (Lipinski definition) is 3. The molecule has 52 valence electrons. The summed E-state index contributed by atoms with van der Waals surface area (Å²) >= 11 is 0. The van der Waals surface area contributed by atoms with E-state index in [1.54, 1.807) is 13.9 Å². The van der Waals surface area contributed by atoms with Gasteiger partial charge in [-0.3, -0.25) is 0 Å². The van der Waals surface area contributed by atoms with Crippen molar-refractivity contribution in [3.8, 4) is 0 Å². The quantitative estimate of drug-likeness (QED) is 0.506. The maximum Gasteiger partial charge on any atom is 0.376 e. The van der Waals surface area contributed by atoms with E-state index in [2.05, 4.69) is 0 Å². The molecule has 0 aromatic rings. The number of ether oxygens (including phenoxy) is 1. The summed E-state index contributed by atoms with van der Waals surface area (Å²) in [6, 6.07) is 0. The van der Waals surface area contributed by atoms with Gasteiger partial charge in [-0.05, 0) is 6.82 Å². The predicted molar refractivity (Wildman–Crippen MR) is 36.2 cm³/mol. The molecule has 1 aliphatic heterocycles. The van der Waals surface area contributed by atoms with Crippen LogP contribution >= 0.6 is 0 Å². The Kier molecular flexibility index (Phi) is 2.11. The molecule has 0 spiro atoms. The fraction of sp³-hybridized carbons (Fsp3) is 1.00. The first-order valence-corrected chi connectivity index (χ1v) is 3.19. The van der Waals surface area contributed by atoms with Crippen LogP contribution in [0.2, 0.25) is 6.82 Å². The van der Waals surface area contributed by atoms with Crippen LogP contribution in [0.5, 0.6) is 0 Å². The van der Waals surface area contributed by atoms with Crippen LogP contribution in [-0.2, 0) is 4.74 Å². The van der Waals surface area contributed by atoms with Gasteiger partial charge in [-0.15, -0.1) is 0 Å². The summed E-state index contributed by atoms with van der Waals surface area (Å²) in [5, 5.41) is 8.96. The third-order valence-corrected chi connectivity index (χ3v) is 1.74. The Morgan fingerprint density at radius 2 is 2.22 bits per heavy atom. The third kappa shape index (κ3) is 1.44. The summed E-state index contributed by atoms with van der Waals surface area (Å²) in [6.45, 7) is 3.51. The van der Waals surface area contributed by atoms with E-state index in [-0.39, 0.29) is 7.05 Å². The molecule has 1 rings (SSSR count). The Hall–Kier alpha value is -0.0551. The summed E-state index contributed by atoms with van der Waals surface area (Å²) in [6.07, 6.45) is 0.347. The molecule has 0 aliphatic carbocycles. The van der Waals surface area contributed by atoms with Crippen molar-refractivity contribution < 1.29 is 9.76 Å². The van der Waals surface area contributed by atoms with Gasteiger partial charge in [-0.2, -0.15) is 0 Å².